The maximum absolute atomic E-state index is 4.58. The summed E-state index contributed by atoms with van der Waals surface area (Å²) in [6.45, 7) is 5.61. The van der Waals surface area contributed by atoms with E-state index in [1.54, 1.807) is 0 Å². The molecule has 0 aliphatic carbocycles. The number of aromatic nitrogens is 1. The molecule has 0 N–H and O–H groups in total. The number of hydrogen-bond acceptors (Lipinski definition) is 3. The lowest BCUT2D eigenvalue weighted by atomic mass is 10.2. The molecule has 5 heteroatoms. The molecule has 1 saturated heterocycles. The monoisotopic (exact) mass is 375 g/mol. The number of nitrogens with zero attached hydrogens (tertiary/aromatic N) is 3. The SMILES string of the molecule is CCC1CN(C)CCCN1c1ncc(Br)cc1Br. The van der Waals surface area contributed by atoms with Crippen molar-refractivity contribution < 1.29 is 0 Å². The van der Waals surface area contributed by atoms with Crippen LogP contribution in [0.15, 0.2) is 21.2 Å². The molecule has 0 spiro atoms. The van der Waals surface area contributed by atoms with Gasteiger partial charge in [0.25, 0.3) is 0 Å². The molecular weight excluding hydrogens is 358 g/mol. The van der Waals surface area contributed by atoms with E-state index in [0.29, 0.717) is 6.04 Å². The summed E-state index contributed by atoms with van der Waals surface area (Å²) in [5.41, 5.74) is 0. The van der Waals surface area contributed by atoms with Gasteiger partial charge < -0.3 is 9.80 Å². The molecule has 18 heavy (non-hydrogen) atoms. The van der Waals surface area contributed by atoms with Crippen molar-refractivity contribution in [3.8, 4) is 0 Å². The summed E-state index contributed by atoms with van der Waals surface area (Å²) in [4.78, 5) is 9.44. The zero-order valence-corrected chi connectivity index (χ0v) is 14.0. The molecule has 2 heterocycles. The van der Waals surface area contributed by atoms with Crippen LogP contribution in [0.1, 0.15) is 19.8 Å². The lowest BCUT2D eigenvalue weighted by Gasteiger charge is -2.31. The van der Waals surface area contributed by atoms with E-state index in [0.717, 1.165) is 34.3 Å². The lowest BCUT2D eigenvalue weighted by Crippen LogP contribution is -2.40. The van der Waals surface area contributed by atoms with E-state index in [1.165, 1.54) is 13.0 Å². The number of hydrogen-bond donors (Lipinski definition) is 0. The molecule has 1 aliphatic rings. The largest absolute Gasteiger partial charge is 0.351 e. The van der Waals surface area contributed by atoms with Crippen molar-refractivity contribution in [2.45, 2.75) is 25.8 Å². The van der Waals surface area contributed by atoms with E-state index < -0.39 is 0 Å². The summed E-state index contributed by atoms with van der Waals surface area (Å²) in [5.74, 6) is 1.07. The molecule has 0 radical (unpaired) electrons. The fraction of sp³-hybridized carbons (Fsp3) is 0.615. The van der Waals surface area contributed by atoms with Crippen molar-refractivity contribution in [2.75, 3.05) is 31.6 Å². The van der Waals surface area contributed by atoms with Gasteiger partial charge in [-0.05, 0) is 64.4 Å². The van der Waals surface area contributed by atoms with Crippen LogP contribution in [-0.2, 0) is 0 Å². The Morgan fingerprint density at radius 2 is 2.17 bits per heavy atom. The van der Waals surface area contributed by atoms with Crippen LogP contribution in [0.25, 0.3) is 0 Å². The lowest BCUT2D eigenvalue weighted by molar-refractivity contribution is 0.327. The molecule has 3 nitrogen and oxygen atoms in total. The maximum Gasteiger partial charge on any atom is 0.143 e. The molecule has 0 bridgehead atoms. The van der Waals surface area contributed by atoms with E-state index in [2.05, 4.69) is 66.7 Å². The van der Waals surface area contributed by atoms with E-state index >= 15 is 0 Å². The van der Waals surface area contributed by atoms with Gasteiger partial charge in [-0.25, -0.2) is 4.98 Å². The van der Waals surface area contributed by atoms with Crippen molar-refractivity contribution in [1.82, 2.24) is 9.88 Å². The zero-order valence-electron chi connectivity index (χ0n) is 10.9. The molecule has 0 aromatic carbocycles. The highest BCUT2D eigenvalue weighted by molar-refractivity contribution is 9.11. The second-order valence-electron chi connectivity index (χ2n) is 4.83. The Labute approximate surface area is 126 Å². The average Bonchev–Trinajstić information content (AvgIpc) is 2.51. The predicted molar refractivity (Wildman–Crippen MR) is 83.2 cm³/mol. The second kappa shape index (κ2) is 6.35. The van der Waals surface area contributed by atoms with Gasteiger partial charge in [0.2, 0.25) is 0 Å². The summed E-state index contributed by atoms with van der Waals surface area (Å²) < 4.78 is 2.08. The average molecular weight is 377 g/mol. The minimum atomic E-state index is 0.544. The smallest absolute Gasteiger partial charge is 0.143 e. The maximum atomic E-state index is 4.58. The van der Waals surface area contributed by atoms with E-state index in [9.17, 15) is 0 Å². The van der Waals surface area contributed by atoms with Gasteiger partial charge in [-0.1, -0.05) is 6.92 Å². The summed E-state index contributed by atoms with van der Waals surface area (Å²) in [6, 6.07) is 2.62. The highest BCUT2D eigenvalue weighted by Gasteiger charge is 2.24. The number of rotatable bonds is 2. The summed E-state index contributed by atoms with van der Waals surface area (Å²) in [7, 11) is 2.20. The van der Waals surface area contributed by atoms with Crippen LogP contribution in [0.3, 0.4) is 0 Å². The molecular formula is C13H19Br2N3. The molecule has 100 valence electrons. The first-order valence-electron chi connectivity index (χ1n) is 6.38. The van der Waals surface area contributed by atoms with E-state index in [4.69, 9.17) is 0 Å². The van der Waals surface area contributed by atoms with Crippen LogP contribution in [0, 0.1) is 0 Å². The van der Waals surface area contributed by atoms with Crippen LogP contribution in [0.4, 0.5) is 5.82 Å². The van der Waals surface area contributed by atoms with Crippen LogP contribution in [0.5, 0.6) is 0 Å². The highest BCUT2D eigenvalue weighted by Crippen LogP contribution is 2.29. The van der Waals surface area contributed by atoms with Crippen molar-refractivity contribution in [2.24, 2.45) is 0 Å². The minimum absolute atomic E-state index is 0.544. The summed E-state index contributed by atoms with van der Waals surface area (Å²) >= 11 is 7.09. The minimum Gasteiger partial charge on any atom is -0.351 e. The van der Waals surface area contributed by atoms with Gasteiger partial charge in [0.15, 0.2) is 0 Å². The standard InChI is InChI=1S/C13H19Br2N3/c1-3-11-9-17(2)5-4-6-18(11)13-12(15)7-10(14)8-16-13/h7-8,11H,3-6,9H2,1-2H3. The summed E-state index contributed by atoms with van der Waals surface area (Å²) in [5, 5.41) is 0. The van der Waals surface area contributed by atoms with Crippen molar-refractivity contribution in [1.29, 1.82) is 0 Å². The van der Waals surface area contributed by atoms with Gasteiger partial charge >= 0.3 is 0 Å². The Morgan fingerprint density at radius 3 is 2.83 bits per heavy atom. The van der Waals surface area contributed by atoms with Gasteiger partial charge in [-0.3, -0.25) is 0 Å². The molecule has 2 rings (SSSR count). The van der Waals surface area contributed by atoms with Crippen LogP contribution >= 0.6 is 31.9 Å². The normalized spacial score (nSPS) is 22.0. The zero-order chi connectivity index (χ0) is 13.1. The van der Waals surface area contributed by atoms with E-state index in [1.807, 2.05) is 6.20 Å². The number of halogens is 2. The second-order valence-corrected chi connectivity index (χ2v) is 6.60. The van der Waals surface area contributed by atoms with Crippen molar-refractivity contribution in [3.05, 3.63) is 21.2 Å². The number of pyridine rings is 1. The fourth-order valence-electron chi connectivity index (χ4n) is 2.49. The third-order valence-electron chi connectivity index (χ3n) is 3.43. The van der Waals surface area contributed by atoms with Gasteiger partial charge in [0.05, 0.1) is 4.47 Å². The first-order valence-corrected chi connectivity index (χ1v) is 7.96. The van der Waals surface area contributed by atoms with E-state index in [-0.39, 0.29) is 0 Å². The molecule has 1 aromatic heterocycles. The van der Waals surface area contributed by atoms with Crippen LogP contribution in [-0.4, -0.2) is 42.6 Å². The Morgan fingerprint density at radius 1 is 1.39 bits per heavy atom. The Bertz CT molecular complexity index is 411. The van der Waals surface area contributed by atoms with Gasteiger partial charge in [0, 0.05) is 29.8 Å². The Hall–Kier alpha value is -0.130. The topological polar surface area (TPSA) is 19.4 Å². The third-order valence-corrected chi connectivity index (χ3v) is 4.45. The first kappa shape index (κ1) is 14.3. The highest BCUT2D eigenvalue weighted by atomic mass is 79.9. The molecule has 1 atom stereocenters. The van der Waals surface area contributed by atoms with Gasteiger partial charge in [0.1, 0.15) is 5.82 Å². The number of likely N-dealkylation sites (N-methyl/N-ethyl adjacent to an activating group) is 1. The molecule has 1 fully saturated rings. The molecule has 1 aromatic rings. The van der Waals surface area contributed by atoms with Gasteiger partial charge in [-0.2, -0.15) is 0 Å². The molecule has 0 saturated carbocycles. The molecule has 1 unspecified atom stereocenters. The fourth-order valence-corrected chi connectivity index (χ4v) is 3.71. The molecule has 0 amide bonds. The van der Waals surface area contributed by atoms with Crippen LogP contribution < -0.4 is 4.90 Å². The quantitative estimate of drug-likeness (QED) is 0.787. The summed E-state index contributed by atoms with van der Waals surface area (Å²) in [6.07, 6.45) is 4.22. The van der Waals surface area contributed by atoms with Crippen molar-refractivity contribution in [3.63, 3.8) is 0 Å². The third kappa shape index (κ3) is 3.25. The first-order chi connectivity index (χ1) is 8.61. The predicted octanol–water partition coefficient (Wildman–Crippen LogP) is 3.53. The molecule has 1 aliphatic heterocycles. The number of anilines is 1. The Balaban J connectivity index is 2.28. The van der Waals surface area contributed by atoms with Crippen LogP contribution in [0.2, 0.25) is 0 Å². The van der Waals surface area contributed by atoms with Crippen molar-refractivity contribution >= 4 is 37.7 Å². The Kier molecular flexibility index (Phi) is 5.04. The van der Waals surface area contributed by atoms with Gasteiger partial charge in [-0.15, -0.1) is 0 Å².